The van der Waals surface area contributed by atoms with E-state index in [0.29, 0.717) is 19.0 Å². The molecule has 24 heavy (non-hydrogen) atoms. The molecule has 2 rings (SSSR count). The molecule has 1 saturated carbocycles. The second-order valence-corrected chi connectivity index (χ2v) is 6.98. The van der Waals surface area contributed by atoms with Crippen molar-refractivity contribution in [3.63, 3.8) is 0 Å². The van der Waals surface area contributed by atoms with E-state index in [4.69, 9.17) is 0 Å². The third kappa shape index (κ3) is 6.51. The van der Waals surface area contributed by atoms with Crippen LogP contribution in [0.25, 0.3) is 0 Å². The second-order valence-electron chi connectivity index (χ2n) is 6.13. The number of nitrogens with one attached hydrogen (secondary N) is 2. The number of amides is 1. The quantitative estimate of drug-likeness (QED) is 0.404. The van der Waals surface area contributed by atoms with Gasteiger partial charge in [-0.25, -0.2) is 0 Å². The number of halogens is 1. The van der Waals surface area contributed by atoms with Gasteiger partial charge in [0.25, 0.3) is 0 Å². The molecule has 0 radical (unpaired) electrons. The molecule has 1 aromatic carbocycles. The van der Waals surface area contributed by atoms with Gasteiger partial charge < -0.3 is 15.5 Å². The van der Waals surface area contributed by atoms with Crippen molar-refractivity contribution in [2.24, 2.45) is 4.99 Å². The molecule has 0 aliphatic heterocycles. The van der Waals surface area contributed by atoms with Gasteiger partial charge in [0, 0.05) is 43.6 Å². The normalized spacial score (nSPS) is 14.4. The predicted octanol–water partition coefficient (Wildman–Crippen LogP) is 2.91. The van der Waals surface area contributed by atoms with Gasteiger partial charge in [-0.3, -0.25) is 9.79 Å². The Morgan fingerprint density at radius 1 is 1.38 bits per heavy atom. The summed E-state index contributed by atoms with van der Waals surface area (Å²) in [5, 5.41) is 6.32. The van der Waals surface area contributed by atoms with Crippen LogP contribution in [-0.2, 0) is 11.3 Å². The number of hydrogen-bond acceptors (Lipinski definition) is 2. The second kappa shape index (κ2) is 9.67. The van der Waals surface area contributed by atoms with Crippen molar-refractivity contribution in [3.8, 4) is 0 Å². The Kier molecular flexibility index (Phi) is 7.56. The van der Waals surface area contributed by atoms with E-state index in [1.807, 2.05) is 25.2 Å². The number of aliphatic imine (C=N–C) groups is 1. The number of carbonyl (C=O) groups is 1. The summed E-state index contributed by atoms with van der Waals surface area (Å²) in [6.07, 6.45) is 3.59. The Labute approximate surface area is 153 Å². The summed E-state index contributed by atoms with van der Waals surface area (Å²) in [7, 11) is 2.03. The van der Waals surface area contributed by atoms with Crippen LogP contribution in [0.5, 0.6) is 0 Å². The van der Waals surface area contributed by atoms with Gasteiger partial charge in [0.05, 0.1) is 0 Å². The van der Waals surface area contributed by atoms with E-state index in [-0.39, 0.29) is 5.91 Å². The number of benzene rings is 1. The smallest absolute Gasteiger partial charge is 0.220 e. The van der Waals surface area contributed by atoms with Crippen LogP contribution in [-0.4, -0.2) is 42.9 Å². The Morgan fingerprint density at radius 2 is 2.12 bits per heavy atom. The average molecular weight is 395 g/mol. The fourth-order valence-electron chi connectivity index (χ4n) is 2.38. The highest BCUT2D eigenvalue weighted by molar-refractivity contribution is 9.10. The van der Waals surface area contributed by atoms with E-state index in [2.05, 4.69) is 49.4 Å². The van der Waals surface area contributed by atoms with Crippen LogP contribution in [0.3, 0.4) is 0 Å². The van der Waals surface area contributed by atoms with Crippen molar-refractivity contribution in [1.29, 1.82) is 0 Å². The van der Waals surface area contributed by atoms with Crippen molar-refractivity contribution in [3.05, 3.63) is 34.3 Å². The van der Waals surface area contributed by atoms with E-state index in [9.17, 15) is 4.79 Å². The SMILES string of the molecule is CCNC(=NCCCC(=O)NC1CC1)N(C)Cc1ccccc1Br. The van der Waals surface area contributed by atoms with Crippen molar-refractivity contribution in [2.45, 2.75) is 45.2 Å². The third-order valence-electron chi connectivity index (χ3n) is 3.83. The van der Waals surface area contributed by atoms with Gasteiger partial charge in [0.2, 0.25) is 5.91 Å². The van der Waals surface area contributed by atoms with Gasteiger partial charge in [-0.1, -0.05) is 34.1 Å². The minimum atomic E-state index is 0.152. The van der Waals surface area contributed by atoms with Crippen LogP contribution in [0, 0.1) is 0 Å². The van der Waals surface area contributed by atoms with Crippen LogP contribution in [0.2, 0.25) is 0 Å². The van der Waals surface area contributed by atoms with E-state index < -0.39 is 0 Å². The van der Waals surface area contributed by atoms with Gasteiger partial charge in [-0.05, 0) is 37.8 Å². The van der Waals surface area contributed by atoms with E-state index >= 15 is 0 Å². The lowest BCUT2D eigenvalue weighted by Gasteiger charge is -2.22. The van der Waals surface area contributed by atoms with E-state index in [1.165, 1.54) is 5.56 Å². The molecule has 0 spiro atoms. The Morgan fingerprint density at radius 3 is 2.79 bits per heavy atom. The van der Waals surface area contributed by atoms with Gasteiger partial charge in [0.15, 0.2) is 5.96 Å². The summed E-state index contributed by atoms with van der Waals surface area (Å²) in [4.78, 5) is 18.4. The van der Waals surface area contributed by atoms with Gasteiger partial charge >= 0.3 is 0 Å². The molecule has 0 heterocycles. The number of guanidine groups is 1. The highest BCUT2D eigenvalue weighted by atomic mass is 79.9. The molecule has 0 unspecified atom stereocenters. The molecule has 0 bridgehead atoms. The van der Waals surface area contributed by atoms with Crippen LogP contribution in [0.15, 0.2) is 33.7 Å². The number of hydrogen-bond donors (Lipinski definition) is 2. The zero-order chi connectivity index (χ0) is 17.4. The summed E-state index contributed by atoms with van der Waals surface area (Å²) in [6, 6.07) is 8.64. The molecule has 1 aliphatic rings. The molecule has 0 atom stereocenters. The third-order valence-corrected chi connectivity index (χ3v) is 4.60. The van der Waals surface area contributed by atoms with E-state index in [1.54, 1.807) is 0 Å². The molecule has 1 aliphatic carbocycles. The monoisotopic (exact) mass is 394 g/mol. The van der Waals surface area contributed by atoms with Crippen LogP contribution in [0.4, 0.5) is 0 Å². The minimum absolute atomic E-state index is 0.152. The van der Waals surface area contributed by atoms with Gasteiger partial charge in [-0.15, -0.1) is 0 Å². The molecule has 1 fully saturated rings. The molecule has 0 saturated heterocycles. The van der Waals surface area contributed by atoms with Crippen molar-refractivity contribution >= 4 is 27.8 Å². The maximum absolute atomic E-state index is 11.7. The lowest BCUT2D eigenvalue weighted by atomic mass is 10.2. The zero-order valence-electron chi connectivity index (χ0n) is 14.5. The fraction of sp³-hybridized carbons (Fsp3) is 0.556. The largest absolute Gasteiger partial charge is 0.357 e. The average Bonchev–Trinajstić information content (AvgIpc) is 3.36. The summed E-state index contributed by atoms with van der Waals surface area (Å²) < 4.78 is 1.10. The first-order chi connectivity index (χ1) is 11.6. The molecule has 2 N–H and O–H groups in total. The molecule has 1 amide bonds. The molecule has 132 valence electrons. The Bertz CT molecular complexity index is 572. The maximum atomic E-state index is 11.7. The lowest BCUT2D eigenvalue weighted by molar-refractivity contribution is -0.121. The molecule has 0 aromatic heterocycles. The molecule has 1 aromatic rings. The van der Waals surface area contributed by atoms with Gasteiger partial charge in [0.1, 0.15) is 0 Å². The number of nitrogens with zero attached hydrogens (tertiary/aromatic N) is 2. The van der Waals surface area contributed by atoms with Crippen LogP contribution >= 0.6 is 15.9 Å². The molecule has 6 heteroatoms. The number of carbonyl (C=O) groups excluding carboxylic acids is 1. The minimum Gasteiger partial charge on any atom is -0.357 e. The first-order valence-corrected chi connectivity index (χ1v) is 9.41. The summed E-state index contributed by atoms with van der Waals surface area (Å²) >= 11 is 3.59. The topological polar surface area (TPSA) is 56.7 Å². The summed E-state index contributed by atoms with van der Waals surface area (Å²) in [6.45, 7) is 4.31. The highest BCUT2D eigenvalue weighted by Gasteiger charge is 2.22. The first-order valence-electron chi connectivity index (χ1n) is 8.62. The molecular weight excluding hydrogens is 368 g/mol. The van der Waals surface area contributed by atoms with Crippen molar-refractivity contribution in [1.82, 2.24) is 15.5 Å². The predicted molar refractivity (Wildman–Crippen MR) is 102 cm³/mol. The Balaban J connectivity index is 1.82. The summed E-state index contributed by atoms with van der Waals surface area (Å²) in [5.74, 6) is 1.02. The lowest BCUT2D eigenvalue weighted by Crippen LogP contribution is -2.38. The van der Waals surface area contributed by atoms with Gasteiger partial charge in [-0.2, -0.15) is 0 Å². The first kappa shape index (κ1) is 18.8. The van der Waals surface area contributed by atoms with Crippen LogP contribution < -0.4 is 10.6 Å². The zero-order valence-corrected chi connectivity index (χ0v) is 16.1. The standard InChI is InChI=1S/C18H27BrN4O/c1-3-20-18(21-12-6-9-17(24)22-15-10-11-15)23(2)13-14-7-4-5-8-16(14)19/h4-5,7-8,15H,3,6,9-13H2,1-2H3,(H,20,21)(H,22,24). The molecular formula is C18H27BrN4O. The van der Waals surface area contributed by atoms with Crippen molar-refractivity contribution < 1.29 is 4.79 Å². The maximum Gasteiger partial charge on any atom is 0.220 e. The number of rotatable bonds is 8. The fourth-order valence-corrected chi connectivity index (χ4v) is 2.79. The van der Waals surface area contributed by atoms with Crippen LogP contribution in [0.1, 0.15) is 38.2 Å². The Hall–Kier alpha value is -1.56. The van der Waals surface area contributed by atoms with Crippen molar-refractivity contribution in [2.75, 3.05) is 20.1 Å². The van der Waals surface area contributed by atoms with E-state index in [0.717, 1.165) is 42.8 Å². The highest BCUT2D eigenvalue weighted by Crippen LogP contribution is 2.19. The molecule has 5 nitrogen and oxygen atoms in total. The summed E-state index contributed by atoms with van der Waals surface area (Å²) in [5.41, 5.74) is 1.22.